The monoisotopic (exact) mass is 366 g/mol. The molecule has 1 saturated carbocycles. The Hall–Kier alpha value is -1.34. The van der Waals surface area contributed by atoms with E-state index in [1.807, 2.05) is 4.90 Å². The van der Waals surface area contributed by atoms with Crippen molar-refractivity contribution in [3.63, 3.8) is 0 Å². The number of nitrogens with zero attached hydrogens (tertiary/aromatic N) is 2. The van der Waals surface area contributed by atoms with Gasteiger partial charge in [-0.05, 0) is 64.0 Å². The highest BCUT2D eigenvalue weighted by Crippen LogP contribution is 2.28. The average molecular weight is 367 g/mol. The Morgan fingerprint density at radius 1 is 0.962 bits per heavy atom. The summed E-state index contributed by atoms with van der Waals surface area (Å²) in [4.78, 5) is 27.8. The van der Waals surface area contributed by atoms with E-state index < -0.39 is 5.97 Å². The van der Waals surface area contributed by atoms with Gasteiger partial charge in [0.25, 0.3) is 0 Å². The molecule has 7 nitrogen and oxygen atoms in total. The molecule has 3 fully saturated rings. The summed E-state index contributed by atoms with van der Waals surface area (Å²) in [5, 5.41) is 15.4. The first-order valence-corrected chi connectivity index (χ1v) is 10.3. The molecule has 148 valence electrons. The summed E-state index contributed by atoms with van der Waals surface area (Å²) >= 11 is 0. The van der Waals surface area contributed by atoms with Crippen LogP contribution < -0.4 is 10.6 Å². The van der Waals surface area contributed by atoms with E-state index in [1.165, 1.54) is 12.8 Å². The molecule has 0 radical (unpaired) electrons. The van der Waals surface area contributed by atoms with Gasteiger partial charge in [0.15, 0.2) is 0 Å². The highest BCUT2D eigenvalue weighted by molar-refractivity contribution is 5.74. The average Bonchev–Trinajstić information content (AvgIpc) is 2.68. The molecule has 0 aromatic rings. The standard InChI is InChI=1S/C19H34N4O3/c24-18(25)6-3-15-1-4-16(5-2-15)21-19(26)23-13-11-22(12-14-23)17-7-9-20-10-8-17/h15-17,20H,1-14H2,(H,21,26)(H,24,25). The molecule has 3 rings (SSSR count). The number of nitrogens with one attached hydrogen (secondary N) is 2. The number of carboxylic acid groups (broad SMARTS) is 1. The largest absolute Gasteiger partial charge is 0.481 e. The Kier molecular flexibility index (Phi) is 7.14. The molecular formula is C19H34N4O3. The number of carboxylic acids is 1. The van der Waals surface area contributed by atoms with E-state index in [9.17, 15) is 9.59 Å². The van der Waals surface area contributed by atoms with Crippen LogP contribution in [0.15, 0.2) is 0 Å². The van der Waals surface area contributed by atoms with Crippen molar-refractivity contribution in [3.05, 3.63) is 0 Å². The number of rotatable bonds is 5. The van der Waals surface area contributed by atoms with Crippen LogP contribution in [0, 0.1) is 5.92 Å². The second-order valence-corrected chi connectivity index (χ2v) is 8.10. The van der Waals surface area contributed by atoms with Crippen LogP contribution in [0.5, 0.6) is 0 Å². The maximum Gasteiger partial charge on any atom is 0.317 e. The maximum atomic E-state index is 12.6. The van der Waals surface area contributed by atoms with Gasteiger partial charge in [0, 0.05) is 44.7 Å². The fourth-order valence-electron chi connectivity index (χ4n) is 4.65. The number of piperazine rings is 1. The summed E-state index contributed by atoms with van der Waals surface area (Å²) in [6, 6.07) is 1.03. The zero-order valence-corrected chi connectivity index (χ0v) is 15.8. The van der Waals surface area contributed by atoms with E-state index in [-0.39, 0.29) is 18.5 Å². The van der Waals surface area contributed by atoms with Gasteiger partial charge in [0.2, 0.25) is 0 Å². The minimum Gasteiger partial charge on any atom is -0.481 e. The van der Waals surface area contributed by atoms with Crippen molar-refractivity contribution in [2.75, 3.05) is 39.3 Å². The molecule has 0 atom stereocenters. The Bertz CT molecular complexity index is 465. The highest BCUT2D eigenvalue weighted by Gasteiger charge is 2.29. The summed E-state index contributed by atoms with van der Waals surface area (Å²) in [6.45, 7) is 5.84. The van der Waals surface area contributed by atoms with Crippen molar-refractivity contribution < 1.29 is 14.7 Å². The first kappa shape index (κ1) is 19.4. The predicted molar refractivity (Wildman–Crippen MR) is 100 cm³/mol. The number of hydrogen-bond acceptors (Lipinski definition) is 4. The molecule has 2 heterocycles. The van der Waals surface area contributed by atoms with Crippen LogP contribution in [0.2, 0.25) is 0 Å². The van der Waals surface area contributed by atoms with Crippen molar-refractivity contribution in [2.24, 2.45) is 5.92 Å². The van der Waals surface area contributed by atoms with E-state index in [0.29, 0.717) is 12.0 Å². The molecule has 0 aromatic heterocycles. The molecule has 0 aromatic carbocycles. The Morgan fingerprint density at radius 2 is 1.62 bits per heavy atom. The minimum atomic E-state index is -0.705. The van der Waals surface area contributed by atoms with Gasteiger partial charge in [-0.25, -0.2) is 4.79 Å². The Balaban J connectivity index is 1.34. The molecule has 2 amide bonds. The fourth-order valence-corrected chi connectivity index (χ4v) is 4.65. The van der Waals surface area contributed by atoms with Crippen molar-refractivity contribution in [2.45, 2.75) is 63.5 Å². The van der Waals surface area contributed by atoms with Crippen molar-refractivity contribution in [1.29, 1.82) is 0 Å². The summed E-state index contributed by atoms with van der Waals surface area (Å²) in [5.74, 6) is -0.197. The molecule has 7 heteroatoms. The lowest BCUT2D eigenvalue weighted by atomic mass is 9.83. The number of aliphatic carboxylic acids is 1. The van der Waals surface area contributed by atoms with Crippen molar-refractivity contribution >= 4 is 12.0 Å². The van der Waals surface area contributed by atoms with Gasteiger partial charge in [-0.15, -0.1) is 0 Å². The quantitative estimate of drug-likeness (QED) is 0.686. The molecule has 2 saturated heterocycles. The van der Waals surface area contributed by atoms with E-state index in [4.69, 9.17) is 5.11 Å². The van der Waals surface area contributed by atoms with Gasteiger partial charge in [-0.3, -0.25) is 9.69 Å². The summed E-state index contributed by atoms with van der Waals surface area (Å²) in [7, 11) is 0. The lowest BCUT2D eigenvalue weighted by molar-refractivity contribution is -0.137. The third-order valence-electron chi connectivity index (χ3n) is 6.37. The van der Waals surface area contributed by atoms with Crippen LogP contribution in [0.1, 0.15) is 51.4 Å². The van der Waals surface area contributed by atoms with E-state index in [1.54, 1.807) is 0 Å². The van der Waals surface area contributed by atoms with Gasteiger partial charge in [-0.1, -0.05) is 0 Å². The third-order valence-corrected chi connectivity index (χ3v) is 6.37. The lowest BCUT2D eigenvalue weighted by Crippen LogP contribution is -2.56. The molecule has 0 bridgehead atoms. The van der Waals surface area contributed by atoms with Crippen LogP contribution in [0.4, 0.5) is 4.79 Å². The number of amides is 2. The maximum absolute atomic E-state index is 12.6. The normalized spacial score (nSPS) is 28.7. The van der Waals surface area contributed by atoms with Gasteiger partial charge in [0.1, 0.15) is 0 Å². The topological polar surface area (TPSA) is 84.9 Å². The second kappa shape index (κ2) is 9.55. The number of hydrogen-bond donors (Lipinski definition) is 3. The van der Waals surface area contributed by atoms with Gasteiger partial charge in [0.05, 0.1) is 0 Å². The first-order chi connectivity index (χ1) is 12.6. The second-order valence-electron chi connectivity index (χ2n) is 8.10. The number of piperidine rings is 1. The molecule has 3 N–H and O–H groups in total. The zero-order chi connectivity index (χ0) is 18.4. The van der Waals surface area contributed by atoms with Crippen LogP contribution >= 0.6 is 0 Å². The predicted octanol–water partition coefficient (Wildman–Crippen LogP) is 1.49. The molecule has 0 spiro atoms. The van der Waals surface area contributed by atoms with Gasteiger partial charge >= 0.3 is 12.0 Å². The van der Waals surface area contributed by atoms with E-state index in [0.717, 1.165) is 71.4 Å². The van der Waals surface area contributed by atoms with E-state index >= 15 is 0 Å². The van der Waals surface area contributed by atoms with Crippen LogP contribution in [0.3, 0.4) is 0 Å². The number of carbonyl (C=O) groups is 2. The summed E-state index contributed by atoms with van der Waals surface area (Å²) in [6.07, 6.45) is 7.49. The van der Waals surface area contributed by atoms with Crippen LogP contribution in [-0.2, 0) is 4.79 Å². The van der Waals surface area contributed by atoms with Crippen LogP contribution in [-0.4, -0.2) is 78.3 Å². The van der Waals surface area contributed by atoms with E-state index in [2.05, 4.69) is 15.5 Å². The molecule has 3 aliphatic rings. The fraction of sp³-hybridized carbons (Fsp3) is 0.895. The molecule has 1 aliphatic carbocycles. The summed E-state index contributed by atoms with van der Waals surface area (Å²) < 4.78 is 0. The Morgan fingerprint density at radius 3 is 2.23 bits per heavy atom. The van der Waals surface area contributed by atoms with Crippen LogP contribution in [0.25, 0.3) is 0 Å². The molecule has 26 heavy (non-hydrogen) atoms. The molecular weight excluding hydrogens is 332 g/mol. The summed E-state index contributed by atoms with van der Waals surface area (Å²) in [5.41, 5.74) is 0. The third kappa shape index (κ3) is 5.58. The zero-order valence-electron chi connectivity index (χ0n) is 15.8. The SMILES string of the molecule is O=C(O)CCC1CCC(NC(=O)N2CCN(C3CCNCC3)CC2)CC1. The van der Waals surface area contributed by atoms with Gasteiger partial charge in [-0.2, -0.15) is 0 Å². The molecule has 2 aliphatic heterocycles. The number of urea groups is 1. The number of carbonyl (C=O) groups excluding carboxylic acids is 1. The minimum absolute atomic E-state index is 0.0870. The molecule has 0 unspecified atom stereocenters. The van der Waals surface area contributed by atoms with Gasteiger partial charge < -0.3 is 20.6 Å². The van der Waals surface area contributed by atoms with Crippen molar-refractivity contribution in [1.82, 2.24) is 20.4 Å². The Labute approximate surface area is 156 Å². The lowest BCUT2D eigenvalue weighted by Gasteiger charge is -2.41. The smallest absolute Gasteiger partial charge is 0.317 e. The first-order valence-electron chi connectivity index (χ1n) is 10.3. The van der Waals surface area contributed by atoms with Crippen molar-refractivity contribution in [3.8, 4) is 0 Å². The highest BCUT2D eigenvalue weighted by atomic mass is 16.4.